The molecule has 0 aliphatic carbocycles. The second-order valence-corrected chi connectivity index (χ2v) is 3.19. The Balaban J connectivity index is 2.72. The molecule has 0 aliphatic heterocycles. The van der Waals surface area contributed by atoms with E-state index in [1.165, 1.54) is 6.20 Å². The predicted molar refractivity (Wildman–Crippen MR) is 58.5 cm³/mol. The fraction of sp³-hybridized carbons (Fsp3) is 0. The van der Waals surface area contributed by atoms with Gasteiger partial charge in [-0.1, -0.05) is 24.3 Å². The molecule has 0 atom stereocenters. The van der Waals surface area contributed by atoms with Crippen molar-refractivity contribution in [2.45, 2.75) is 0 Å². The van der Waals surface area contributed by atoms with Gasteiger partial charge in [0.25, 0.3) is 5.56 Å². The van der Waals surface area contributed by atoms with Gasteiger partial charge in [-0.25, -0.2) is 4.79 Å². The van der Waals surface area contributed by atoms with Gasteiger partial charge in [-0.15, -0.1) is 0 Å². The lowest BCUT2D eigenvalue weighted by atomic mass is 10.0. The second kappa shape index (κ2) is 3.98. The van der Waals surface area contributed by atoms with E-state index in [1.807, 2.05) is 0 Å². The van der Waals surface area contributed by atoms with Crippen molar-refractivity contribution >= 4 is 6.29 Å². The first kappa shape index (κ1) is 10.1. The second-order valence-electron chi connectivity index (χ2n) is 3.19. The van der Waals surface area contributed by atoms with Crippen LogP contribution in [0.3, 0.4) is 0 Å². The Labute approximate surface area is 89.8 Å². The molecule has 80 valence electrons. The van der Waals surface area contributed by atoms with Gasteiger partial charge in [0.1, 0.15) is 0 Å². The number of hydrogen-bond acceptors (Lipinski definition) is 3. The van der Waals surface area contributed by atoms with E-state index >= 15 is 0 Å². The van der Waals surface area contributed by atoms with E-state index in [1.54, 1.807) is 24.3 Å². The molecule has 2 aromatic rings. The van der Waals surface area contributed by atoms with E-state index in [0.717, 1.165) is 0 Å². The van der Waals surface area contributed by atoms with E-state index in [-0.39, 0.29) is 5.56 Å². The van der Waals surface area contributed by atoms with Crippen LogP contribution >= 0.6 is 0 Å². The Hall–Kier alpha value is -2.43. The van der Waals surface area contributed by atoms with Crippen molar-refractivity contribution in [3.63, 3.8) is 0 Å². The summed E-state index contributed by atoms with van der Waals surface area (Å²) in [5.74, 6) is 0. The average molecular weight is 216 g/mol. The van der Waals surface area contributed by atoms with Crippen LogP contribution in [0.15, 0.2) is 40.1 Å². The number of aldehydes is 1. The quantitative estimate of drug-likeness (QED) is 0.719. The smallest absolute Gasteiger partial charge is 0.313 e. The number of benzene rings is 1. The van der Waals surface area contributed by atoms with Crippen molar-refractivity contribution in [2.24, 2.45) is 0 Å². The van der Waals surface area contributed by atoms with Gasteiger partial charge in [-0.2, -0.15) is 0 Å². The summed E-state index contributed by atoms with van der Waals surface area (Å²) in [6.45, 7) is 0. The Morgan fingerprint density at radius 3 is 2.50 bits per heavy atom. The minimum atomic E-state index is -0.572. The van der Waals surface area contributed by atoms with Crippen LogP contribution in [0.25, 0.3) is 11.1 Å². The van der Waals surface area contributed by atoms with Crippen molar-refractivity contribution in [1.29, 1.82) is 0 Å². The van der Waals surface area contributed by atoms with Gasteiger partial charge in [0.15, 0.2) is 6.29 Å². The molecule has 0 unspecified atom stereocenters. The molecular formula is C11H8N2O3. The van der Waals surface area contributed by atoms with Gasteiger partial charge in [0.05, 0.1) is 5.56 Å². The van der Waals surface area contributed by atoms with Gasteiger partial charge >= 0.3 is 5.69 Å². The lowest BCUT2D eigenvalue weighted by Gasteiger charge is -2.02. The highest BCUT2D eigenvalue weighted by molar-refractivity contribution is 5.86. The topological polar surface area (TPSA) is 82.8 Å². The van der Waals surface area contributed by atoms with E-state index in [4.69, 9.17) is 0 Å². The first-order valence-corrected chi connectivity index (χ1v) is 4.59. The fourth-order valence-electron chi connectivity index (χ4n) is 1.45. The molecule has 0 bridgehead atoms. The molecular weight excluding hydrogens is 208 g/mol. The van der Waals surface area contributed by atoms with Crippen molar-refractivity contribution in [3.8, 4) is 11.1 Å². The van der Waals surface area contributed by atoms with E-state index in [2.05, 4.69) is 9.97 Å². The number of hydrogen-bond donors (Lipinski definition) is 2. The van der Waals surface area contributed by atoms with Gasteiger partial charge in [-0.05, 0) is 5.56 Å². The zero-order chi connectivity index (χ0) is 11.5. The van der Waals surface area contributed by atoms with Crippen LogP contribution in [-0.4, -0.2) is 16.3 Å². The minimum Gasteiger partial charge on any atom is -0.313 e. The summed E-state index contributed by atoms with van der Waals surface area (Å²) in [5, 5.41) is 0. The van der Waals surface area contributed by atoms with Crippen molar-refractivity contribution in [1.82, 2.24) is 9.97 Å². The lowest BCUT2D eigenvalue weighted by molar-refractivity contribution is 0.112. The maximum Gasteiger partial charge on any atom is 0.325 e. The zero-order valence-corrected chi connectivity index (χ0v) is 8.19. The van der Waals surface area contributed by atoms with Crippen LogP contribution in [-0.2, 0) is 0 Å². The highest BCUT2D eigenvalue weighted by Crippen LogP contribution is 2.17. The third kappa shape index (κ3) is 1.70. The Morgan fingerprint density at radius 2 is 1.81 bits per heavy atom. The molecule has 1 aromatic carbocycles. The molecule has 1 aromatic heterocycles. The fourth-order valence-corrected chi connectivity index (χ4v) is 1.45. The SMILES string of the molecule is O=Cc1ccccc1-c1c[nH]c(=O)[nH]c1=O. The maximum absolute atomic E-state index is 11.5. The normalized spacial score (nSPS) is 10.0. The van der Waals surface area contributed by atoms with E-state index < -0.39 is 11.2 Å². The van der Waals surface area contributed by atoms with Crippen LogP contribution in [0.5, 0.6) is 0 Å². The molecule has 16 heavy (non-hydrogen) atoms. The van der Waals surface area contributed by atoms with Crippen LogP contribution in [0.4, 0.5) is 0 Å². The van der Waals surface area contributed by atoms with Crippen LogP contribution in [0.2, 0.25) is 0 Å². The molecule has 0 saturated carbocycles. The monoisotopic (exact) mass is 216 g/mol. The maximum atomic E-state index is 11.5. The Bertz CT molecular complexity index is 640. The predicted octanol–water partition coefficient (Wildman–Crippen LogP) is 0.543. The molecule has 1 heterocycles. The molecule has 2 rings (SSSR count). The van der Waals surface area contributed by atoms with Crippen molar-refractivity contribution in [3.05, 3.63) is 56.9 Å². The number of aromatic amines is 2. The van der Waals surface area contributed by atoms with Crippen LogP contribution in [0, 0.1) is 0 Å². The molecule has 0 amide bonds. The minimum absolute atomic E-state index is 0.266. The molecule has 0 fully saturated rings. The van der Waals surface area contributed by atoms with E-state index in [9.17, 15) is 14.4 Å². The lowest BCUT2D eigenvalue weighted by Crippen LogP contribution is -2.22. The van der Waals surface area contributed by atoms with Gasteiger partial charge in [-0.3, -0.25) is 14.6 Å². The largest absolute Gasteiger partial charge is 0.325 e. The Kier molecular flexibility index (Phi) is 2.51. The summed E-state index contributed by atoms with van der Waals surface area (Å²) in [5.41, 5.74) is 0.0766. The van der Waals surface area contributed by atoms with E-state index in [0.29, 0.717) is 17.4 Å². The van der Waals surface area contributed by atoms with Crippen molar-refractivity contribution in [2.75, 3.05) is 0 Å². The number of rotatable bonds is 2. The van der Waals surface area contributed by atoms with Gasteiger partial charge in [0, 0.05) is 11.8 Å². The van der Waals surface area contributed by atoms with Crippen molar-refractivity contribution < 1.29 is 4.79 Å². The number of H-pyrrole nitrogens is 2. The number of nitrogens with one attached hydrogen (secondary N) is 2. The average Bonchev–Trinajstić information content (AvgIpc) is 2.29. The highest BCUT2D eigenvalue weighted by Gasteiger charge is 2.07. The van der Waals surface area contributed by atoms with Crippen LogP contribution < -0.4 is 11.2 Å². The summed E-state index contributed by atoms with van der Waals surface area (Å²) < 4.78 is 0. The van der Waals surface area contributed by atoms with Gasteiger partial charge < -0.3 is 4.98 Å². The zero-order valence-electron chi connectivity index (χ0n) is 8.19. The molecule has 0 aliphatic rings. The van der Waals surface area contributed by atoms with Gasteiger partial charge in [0.2, 0.25) is 0 Å². The van der Waals surface area contributed by atoms with Crippen LogP contribution in [0.1, 0.15) is 10.4 Å². The molecule has 0 spiro atoms. The standard InChI is InChI=1S/C11H8N2O3/c14-6-7-3-1-2-4-8(7)9-5-12-11(16)13-10(9)15/h1-6H,(H2,12,13,15,16). The summed E-state index contributed by atoms with van der Waals surface area (Å²) in [4.78, 5) is 37.6. The number of carbonyl (C=O) groups excluding carboxylic acids is 1. The molecule has 0 saturated heterocycles. The summed E-state index contributed by atoms with van der Waals surface area (Å²) in [7, 11) is 0. The summed E-state index contributed by atoms with van der Waals surface area (Å²) in [6, 6.07) is 6.67. The Morgan fingerprint density at radius 1 is 1.06 bits per heavy atom. The third-order valence-corrected chi connectivity index (χ3v) is 2.20. The first-order chi connectivity index (χ1) is 7.72. The summed E-state index contributed by atoms with van der Waals surface area (Å²) >= 11 is 0. The molecule has 5 heteroatoms. The highest BCUT2D eigenvalue weighted by atomic mass is 16.2. The number of aromatic nitrogens is 2. The molecule has 0 radical (unpaired) electrons. The number of carbonyl (C=O) groups is 1. The molecule has 5 nitrogen and oxygen atoms in total. The third-order valence-electron chi connectivity index (χ3n) is 2.20. The first-order valence-electron chi connectivity index (χ1n) is 4.59. The molecule has 2 N–H and O–H groups in total. The summed E-state index contributed by atoms with van der Waals surface area (Å²) in [6.07, 6.45) is 1.96.